The first-order chi connectivity index (χ1) is 15.9. The van der Waals surface area contributed by atoms with Gasteiger partial charge in [0.05, 0.1) is 16.6 Å². The molecule has 33 heavy (non-hydrogen) atoms. The second-order valence-electron chi connectivity index (χ2n) is 8.61. The highest BCUT2D eigenvalue weighted by atomic mass is 127. The first kappa shape index (κ1) is 23.5. The standard InChI is InChI=1S/C26H27IN2O4/c1-16-12-13-23-19(14-16)25(31)20(15-33-23)24(26(32)28-18-8-4-3-5-9-18)29(17(2)30)22-11-7-6-10-21(22)27/h6-7,10-15,18,24H,3-5,8-9H2,1-2H3,(H,28,32). The maximum Gasteiger partial charge on any atom is 0.248 e. The fraction of sp³-hybridized carbons (Fsp3) is 0.346. The monoisotopic (exact) mass is 558 g/mol. The van der Waals surface area contributed by atoms with E-state index in [1.807, 2.05) is 31.2 Å². The highest BCUT2D eigenvalue weighted by Crippen LogP contribution is 2.32. The van der Waals surface area contributed by atoms with Crippen LogP contribution in [0.15, 0.2) is 57.9 Å². The lowest BCUT2D eigenvalue weighted by Crippen LogP contribution is -2.48. The Hall–Kier alpha value is -2.68. The molecule has 1 unspecified atom stereocenters. The fourth-order valence-corrected chi connectivity index (χ4v) is 5.16. The molecule has 7 heteroatoms. The zero-order valence-electron chi connectivity index (χ0n) is 18.8. The third-order valence-corrected chi connectivity index (χ3v) is 7.07. The quantitative estimate of drug-likeness (QED) is 0.434. The maximum absolute atomic E-state index is 13.7. The van der Waals surface area contributed by atoms with Crippen LogP contribution in [0.25, 0.3) is 11.0 Å². The molecular formula is C26H27IN2O4. The summed E-state index contributed by atoms with van der Waals surface area (Å²) in [4.78, 5) is 41.6. The van der Waals surface area contributed by atoms with Gasteiger partial charge in [0.25, 0.3) is 0 Å². The molecule has 2 aromatic carbocycles. The molecule has 1 N–H and O–H groups in total. The number of para-hydroxylation sites is 1. The zero-order chi connectivity index (χ0) is 23.5. The highest BCUT2D eigenvalue weighted by Gasteiger charge is 2.36. The molecule has 4 rings (SSSR count). The predicted octanol–water partition coefficient (Wildman–Crippen LogP) is 5.25. The van der Waals surface area contributed by atoms with Crippen LogP contribution >= 0.6 is 22.6 Å². The van der Waals surface area contributed by atoms with Crippen LogP contribution in [0.3, 0.4) is 0 Å². The van der Waals surface area contributed by atoms with Crippen LogP contribution in [0.4, 0.5) is 5.69 Å². The molecule has 1 aliphatic rings. The lowest BCUT2D eigenvalue weighted by atomic mass is 9.94. The molecule has 0 bridgehead atoms. The van der Waals surface area contributed by atoms with E-state index in [0.717, 1.165) is 41.2 Å². The Morgan fingerprint density at radius 1 is 1.12 bits per heavy atom. The van der Waals surface area contributed by atoms with Crippen molar-refractivity contribution in [1.29, 1.82) is 0 Å². The van der Waals surface area contributed by atoms with Gasteiger partial charge in [-0.25, -0.2) is 0 Å². The fourth-order valence-electron chi connectivity index (χ4n) is 4.51. The number of hydrogen-bond acceptors (Lipinski definition) is 4. The number of carbonyl (C=O) groups is 2. The Labute approximate surface area is 206 Å². The van der Waals surface area contributed by atoms with E-state index < -0.39 is 6.04 Å². The van der Waals surface area contributed by atoms with E-state index in [9.17, 15) is 14.4 Å². The highest BCUT2D eigenvalue weighted by molar-refractivity contribution is 14.1. The Balaban J connectivity index is 1.87. The zero-order valence-corrected chi connectivity index (χ0v) is 20.9. The second kappa shape index (κ2) is 10.1. The van der Waals surface area contributed by atoms with Crippen LogP contribution in [0.5, 0.6) is 0 Å². The van der Waals surface area contributed by atoms with Crippen LogP contribution < -0.4 is 15.6 Å². The number of halogens is 1. The van der Waals surface area contributed by atoms with Crippen LogP contribution in [0.1, 0.15) is 56.2 Å². The summed E-state index contributed by atoms with van der Waals surface area (Å²) in [5.74, 6) is -0.692. The average Bonchev–Trinajstić information content (AvgIpc) is 2.80. The molecule has 6 nitrogen and oxygen atoms in total. The van der Waals surface area contributed by atoms with Gasteiger partial charge in [-0.15, -0.1) is 0 Å². The van der Waals surface area contributed by atoms with E-state index in [1.54, 1.807) is 18.2 Å². The van der Waals surface area contributed by atoms with Crippen molar-refractivity contribution in [3.63, 3.8) is 0 Å². The van der Waals surface area contributed by atoms with Gasteiger partial charge in [0.2, 0.25) is 11.8 Å². The SMILES string of the molecule is CC(=O)N(c1ccccc1I)C(C(=O)NC1CCCCC1)c1coc2ccc(C)cc2c1=O. The largest absolute Gasteiger partial charge is 0.464 e. The van der Waals surface area contributed by atoms with Gasteiger partial charge in [0.1, 0.15) is 17.9 Å². The molecule has 0 saturated heterocycles. The first-order valence-corrected chi connectivity index (χ1v) is 12.3. The number of fused-ring (bicyclic) bond motifs is 1. The topological polar surface area (TPSA) is 79.6 Å². The minimum atomic E-state index is -1.14. The van der Waals surface area contributed by atoms with Crippen molar-refractivity contribution < 1.29 is 14.0 Å². The molecule has 1 atom stereocenters. The number of rotatable bonds is 5. The van der Waals surface area contributed by atoms with Gasteiger partial charge in [0, 0.05) is 16.5 Å². The Morgan fingerprint density at radius 2 is 1.85 bits per heavy atom. The number of nitrogens with zero attached hydrogens (tertiary/aromatic N) is 1. The minimum absolute atomic E-state index is 0.0344. The summed E-state index contributed by atoms with van der Waals surface area (Å²) >= 11 is 2.14. The van der Waals surface area contributed by atoms with Gasteiger partial charge >= 0.3 is 0 Å². The number of hydrogen-bond donors (Lipinski definition) is 1. The number of anilines is 1. The molecule has 1 aliphatic carbocycles. The van der Waals surface area contributed by atoms with Crippen LogP contribution in [-0.2, 0) is 9.59 Å². The van der Waals surface area contributed by atoms with Crippen molar-refractivity contribution in [3.8, 4) is 0 Å². The van der Waals surface area contributed by atoms with Crippen molar-refractivity contribution in [2.24, 2.45) is 0 Å². The van der Waals surface area contributed by atoms with E-state index >= 15 is 0 Å². The van der Waals surface area contributed by atoms with Gasteiger partial charge in [0.15, 0.2) is 5.43 Å². The summed E-state index contributed by atoms with van der Waals surface area (Å²) in [5.41, 5.74) is 1.79. The van der Waals surface area contributed by atoms with Crippen molar-refractivity contribution in [2.45, 2.75) is 58.0 Å². The van der Waals surface area contributed by atoms with E-state index in [0.29, 0.717) is 16.7 Å². The maximum atomic E-state index is 13.7. The lowest BCUT2D eigenvalue weighted by Gasteiger charge is -2.32. The normalized spacial score (nSPS) is 15.2. The Bertz CT molecular complexity index is 1250. The molecule has 0 radical (unpaired) electrons. The summed E-state index contributed by atoms with van der Waals surface area (Å²) < 4.78 is 6.58. The molecule has 1 saturated carbocycles. The van der Waals surface area contributed by atoms with Crippen molar-refractivity contribution in [1.82, 2.24) is 5.32 Å². The molecule has 2 amide bonds. The third-order valence-electron chi connectivity index (χ3n) is 6.16. The van der Waals surface area contributed by atoms with E-state index in [-0.39, 0.29) is 28.8 Å². The Kier molecular flexibility index (Phi) is 7.17. The minimum Gasteiger partial charge on any atom is -0.464 e. The summed E-state index contributed by atoms with van der Waals surface area (Å²) in [6.07, 6.45) is 6.39. The molecular weight excluding hydrogens is 531 g/mol. The molecule has 0 aliphatic heterocycles. The van der Waals surface area contributed by atoms with Gasteiger partial charge < -0.3 is 9.73 Å². The number of benzene rings is 2. The van der Waals surface area contributed by atoms with E-state index in [2.05, 4.69) is 27.9 Å². The molecule has 1 fully saturated rings. The third kappa shape index (κ3) is 4.98. The number of nitrogens with one attached hydrogen (secondary N) is 1. The average molecular weight is 558 g/mol. The second-order valence-corrected chi connectivity index (χ2v) is 9.77. The van der Waals surface area contributed by atoms with Crippen molar-refractivity contribution in [3.05, 3.63) is 73.6 Å². The molecule has 0 spiro atoms. The summed E-state index contributed by atoms with van der Waals surface area (Å²) in [5, 5.41) is 3.51. The first-order valence-electron chi connectivity index (χ1n) is 11.2. The number of amides is 2. The molecule has 3 aromatic rings. The summed E-state index contributed by atoms with van der Waals surface area (Å²) in [6, 6.07) is 11.6. The van der Waals surface area contributed by atoms with Gasteiger partial charge in [-0.2, -0.15) is 0 Å². The van der Waals surface area contributed by atoms with Crippen molar-refractivity contribution >= 4 is 51.1 Å². The number of aryl methyl sites for hydroxylation is 1. The molecule has 172 valence electrons. The van der Waals surface area contributed by atoms with Crippen LogP contribution in [0, 0.1) is 10.5 Å². The lowest BCUT2D eigenvalue weighted by molar-refractivity contribution is -0.126. The molecule has 1 aromatic heterocycles. The van der Waals surface area contributed by atoms with Crippen LogP contribution in [-0.4, -0.2) is 17.9 Å². The van der Waals surface area contributed by atoms with Crippen LogP contribution in [0.2, 0.25) is 0 Å². The van der Waals surface area contributed by atoms with Gasteiger partial charge in [-0.05, 0) is 66.6 Å². The van der Waals surface area contributed by atoms with E-state index in [4.69, 9.17) is 4.42 Å². The molecule has 1 heterocycles. The van der Waals surface area contributed by atoms with Gasteiger partial charge in [-0.1, -0.05) is 43.0 Å². The predicted molar refractivity (Wildman–Crippen MR) is 137 cm³/mol. The Morgan fingerprint density at radius 3 is 2.55 bits per heavy atom. The number of carbonyl (C=O) groups excluding carboxylic acids is 2. The smallest absolute Gasteiger partial charge is 0.248 e. The van der Waals surface area contributed by atoms with Gasteiger partial charge in [-0.3, -0.25) is 19.3 Å². The van der Waals surface area contributed by atoms with Crippen molar-refractivity contribution in [2.75, 3.05) is 4.90 Å². The summed E-state index contributed by atoms with van der Waals surface area (Å²) in [6.45, 7) is 3.31. The van der Waals surface area contributed by atoms with E-state index in [1.165, 1.54) is 18.1 Å². The summed E-state index contributed by atoms with van der Waals surface area (Å²) in [7, 11) is 0.